The second kappa shape index (κ2) is 8.23. The maximum absolute atomic E-state index is 11.0. The number of methoxy groups -OCH3 is 1. The molecular formula is C15H23NO2S. The maximum atomic E-state index is 11.0. The number of carbonyl (C=O) groups excluding carboxylic acids is 1. The summed E-state index contributed by atoms with van der Waals surface area (Å²) in [6.07, 6.45) is 0.477. The summed E-state index contributed by atoms with van der Waals surface area (Å²) in [7, 11) is 3.41. The van der Waals surface area contributed by atoms with Crippen LogP contribution in [0.3, 0.4) is 0 Å². The van der Waals surface area contributed by atoms with Crippen molar-refractivity contribution in [1.82, 2.24) is 5.32 Å². The zero-order valence-electron chi connectivity index (χ0n) is 12.2. The molecule has 0 aromatic heterocycles. The molecule has 1 unspecified atom stereocenters. The molecule has 4 heteroatoms. The molecule has 0 fully saturated rings. The van der Waals surface area contributed by atoms with Gasteiger partial charge in [-0.05, 0) is 32.0 Å². The first-order chi connectivity index (χ1) is 9.08. The highest BCUT2D eigenvalue weighted by atomic mass is 32.2. The van der Waals surface area contributed by atoms with Crippen LogP contribution in [0.2, 0.25) is 0 Å². The Morgan fingerprint density at radius 3 is 2.79 bits per heavy atom. The minimum absolute atomic E-state index is 0.139. The normalized spacial score (nSPS) is 12.2. The lowest BCUT2D eigenvalue weighted by Crippen LogP contribution is -2.20. The van der Waals surface area contributed by atoms with Gasteiger partial charge in [0.25, 0.3) is 0 Å². The molecule has 106 valence electrons. The van der Waals surface area contributed by atoms with Crippen LogP contribution in [0.5, 0.6) is 0 Å². The first-order valence-corrected chi connectivity index (χ1v) is 7.63. The van der Waals surface area contributed by atoms with Gasteiger partial charge in [-0.2, -0.15) is 11.8 Å². The molecule has 0 aliphatic rings. The second-order valence-corrected chi connectivity index (χ2v) is 5.75. The van der Waals surface area contributed by atoms with Crippen LogP contribution >= 0.6 is 11.8 Å². The molecule has 1 N–H and O–H groups in total. The Morgan fingerprint density at radius 1 is 1.42 bits per heavy atom. The van der Waals surface area contributed by atoms with Gasteiger partial charge >= 0.3 is 5.97 Å². The smallest absolute Gasteiger partial charge is 0.306 e. The predicted molar refractivity (Wildman–Crippen MR) is 81.7 cm³/mol. The first kappa shape index (κ1) is 16.1. The number of ether oxygens (including phenoxy) is 1. The zero-order valence-corrected chi connectivity index (χ0v) is 13.0. The molecule has 0 amide bonds. The van der Waals surface area contributed by atoms with Gasteiger partial charge in [-0.1, -0.05) is 23.8 Å². The summed E-state index contributed by atoms with van der Waals surface area (Å²) in [5.41, 5.74) is 3.92. The molecule has 0 bridgehead atoms. The van der Waals surface area contributed by atoms with Crippen LogP contribution in [-0.4, -0.2) is 31.6 Å². The van der Waals surface area contributed by atoms with Crippen LogP contribution in [0, 0.1) is 13.8 Å². The van der Waals surface area contributed by atoms with Gasteiger partial charge in [-0.25, -0.2) is 0 Å². The molecule has 0 spiro atoms. The van der Waals surface area contributed by atoms with Gasteiger partial charge in [0.2, 0.25) is 0 Å². The van der Waals surface area contributed by atoms with Crippen molar-refractivity contribution in [2.45, 2.75) is 26.3 Å². The Balaban J connectivity index is 2.53. The predicted octanol–water partition coefficient (Wildman–Crippen LogP) is 2.86. The van der Waals surface area contributed by atoms with Crippen LogP contribution in [0.1, 0.15) is 29.2 Å². The third kappa shape index (κ3) is 5.25. The van der Waals surface area contributed by atoms with E-state index in [0.717, 1.165) is 11.5 Å². The summed E-state index contributed by atoms with van der Waals surface area (Å²) < 4.78 is 4.64. The van der Waals surface area contributed by atoms with Crippen LogP contribution in [-0.2, 0) is 9.53 Å². The topological polar surface area (TPSA) is 38.3 Å². The molecular weight excluding hydrogens is 258 g/mol. The van der Waals surface area contributed by atoms with Gasteiger partial charge in [0, 0.05) is 17.5 Å². The summed E-state index contributed by atoms with van der Waals surface area (Å²) in [6, 6.07) is 6.85. The fourth-order valence-corrected chi connectivity index (χ4v) is 2.98. The summed E-state index contributed by atoms with van der Waals surface area (Å²) in [6.45, 7) is 4.25. The van der Waals surface area contributed by atoms with Gasteiger partial charge in [0.15, 0.2) is 0 Å². The standard InChI is InChI=1S/C15H23NO2S/c1-11-5-6-12(2)13(9-11)14(16-3)10-19-8-7-15(17)18-4/h5-6,9,14,16H,7-8,10H2,1-4H3. The Kier molecular flexibility index (Phi) is 6.95. The number of thioether (sulfide) groups is 1. The summed E-state index contributed by atoms with van der Waals surface area (Å²) in [5, 5.41) is 3.35. The van der Waals surface area contributed by atoms with Crippen LogP contribution in [0.25, 0.3) is 0 Å². The minimum Gasteiger partial charge on any atom is -0.469 e. The fraction of sp³-hybridized carbons (Fsp3) is 0.533. The molecule has 1 aromatic carbocycles. The largest absolute Gasteiger partial charge is 0.469 e. The van der Waals surface area contributed by atoms with Crippen molar-refractivity contribution in [2.24, 2.45) is 0 Å². The second-order valence-electron chi connectivity index (χ2n) is 4.60. The van der Waals surface area contributed by atoms with Crippen molar-refractivity contribution in [3.63, 3.8) is 0 Å². The van der Waals surface area contributed by atoms with Gasteiger partial charge in [-0.3, -0.25) is 4.79 Å². The van der Waals surface area contributed by atoms with Gasteiger partial charge in [-0.15, -0.1) is 0 Å². The number of nitrogens with one attached hydrogen (secondary N) is 1. The Hall–Kier alpha value is -1.00. The highest BCUT2D eigenvalue weighted by molar-refractivity contribution is 7.99. The fourth-order valence-electron chi connectivity index (χ4n) is 1.92. The number of hydrogen-bond acceptors (Lipinski definition) is 4. The molecule has 0 heterocycles. The van der Waals surface area contributed by atoms with Gasteiger partial charge in [0.1, 0.15) is 0 Å². The highest BCUT2D eigenvalue weighted by Crippen LogP contribution is 2.23. The molecule has 0 saturated carbocycles. The van der Waals surface area contributed by atoms with Gasteiger partial charge in [0.05, 0.1) is 13.5 Å². The van der Waals surface area contributed by atoms with E-state index in [2.05, 4.69) is 42.1 Å². The highest BCUT2D eigenvalue weighted by Gasteiger charge is 2.12. The first-order valence-electron chi connectivity index (χ1n) is 6.47. The number of esters is 1. The van der Waals surface area contributed by atoms with Gasteiger partial charge < -0.3 is 10.1 Å². The van der Waals surface area contributed by atoms with Crippen molar-refractivity contribution in [3.05, 3.63) is 34.9 Å². The minimum atomic E-state index is -0.139. The van der Waals surface area contributed by atoms with Crippen molar-refractivity contribution in [2.75, 3.05) is 25.7 Å². The number of rotatable bonds is 7. The van der Waals surface area contributed by atoms with E-state index >= 15 is 0 Å². The molecule has 3 nitrogen and oxygen atoms in total. The summed E-state index contributed by atoms with van der Waals surface area (Å²) in [4.78, 5) is 11.0. The summed E-state index contributed by atoms with van der Waals surface area (Å²) >= 11 is 1.78. The lowest BCUT2D eigenvalue weighted by molar-refractivity contribution is -0.140. The van der Waals surface area contributed by atoms with Crippen molar-refractivity contribution < 1.29 is 9.53 Å². The van der Waals surface area contributed by atoms with Crippen molar-refractivity contribution in [1.29, 1.82) is 0 Å². The Morgan fingerprint density at radius 2 is 2.16 bits per heavy atom. The van der Waals surface area contributed by atoms with Crippen LogP contribution < -0.4 is 5.32 Å². The third-order valence-corrected chi connectivity index (χ3v) is 4.18. The molecule has 1 atom stereocenters. The quantitative estimate of drug-likeness (QED) is 0.616. The van der Waals surface area contributed by atoms with Crippen LogP contribution in [0.4, 0.5) is 0 Å². The van der Waals surface area contributed by atoms with E-state index in [1.54, 1.807) is 11.8 Å². The average molecular weight is 281 g/mol. The Labute approximate surface area is 120 Å². The zero-order chi connectivity index (χ0) is 14.3. The molecule has 0 aliphatic carbocycles. The summed E-state index contributed by atoms with van der Waals surface area (Å²) in [5.74, 6) is 1.62. The number of hydrogen-bond donors (Lipinski definition) is 1. The Bertz CT molecular complexity index is 421. The van der Waals surface area contributed by atoms with E-state index in [0.29, 0.717) is 12.5 Å². The average Bonchev–Trinajstić information content (AvgIpc) is 2.41. The molecule has 1 rings (SSSR count). The molecule has 19 heavy (non-hydrogen) atoms. The van der Waals surface area contributed by atoms with E-state index < -0.39 is 0 Å². The van der Waals surface area contributed by atoms with E-state index in [1.807, 2.05) is 7.05 Å². The van der Waals surface area contributed by atoms with Crippen molar-refractivity contribution in [3.8, 4) is 0 Å². The number of aryl methyl sites for hydroxylation is 2. The molecule has 0 aliphatic heterocycles. The van der Waals surface area contributed by atoms with E-state index in [1.165, 1.54) is 23.8 Å². The molecule has 0 saturated heterocycles. The lowest BCUT2D eigenvalue weighted by Gasteiger charge is -2.19. The lowest BCUT2D eigenvalue weighted by atomic mass is 10.0. The molecule has 0 radical (unpaired) electrons. The maximum Gasteiger partial charge on any atom is 0.306 e. The van der Waals surface area contributed by atoms with E-state index in [-0.39, 0.29) is 5.97 Å². The van der Waals surface area contributed by atoms with Crippen LogP contribution in [0.15, 0.2) is 18.2 Å². The van der Waals surface area contributed by atoms with Crippen molar-refractivity contribution >= 4 is 17.7 Å². The third-order valence-electron chi connectivity index (χ3n) is 3.12. The number of carbonyl (C=O) groups is 1. The van der Waals surface area contributed by atoms with E-state index in [4.69, 9.17) is 0 Å². The number of benzene rings is 1. The molecule has 1 aromatic rings. The SMILES string of the molecule is CNC(CSCCC(=O)OC)c1cc(C)ccc1C. The monoisotopic (exact) mass is 281 g/mol. The van der Waals surface area contributed by atoms with E-state index in [9.17, 15) is 4.79 Å².